The van der Waals surface area contributed by atoms with Crippen LogP contribution in [0.4, 0.5) is 10.1 Å². The van der Waals surface area contributed by atoms with E-state index in [1.54, 1.807) is 6.92 Å². The first-order chi connectivity index (χ1) is 13.9. The minimum absolute atomic E-state index is 0.0186. The molecule has 2 aliphatic heterocycles. The van der Waals surface area contributed by atoms with E-state index in [9.17, 15) is 9.18 Å². The number of fused-ring (bicyclic) bond motifs is 1. The first kappa shape index (κ1) is 18.8. The fraction of sp³-hybridized carbons (Fsp3) is 0.300. The lowest BCUT2D eigenvalue weighted by atomic mass is 9.77. The number of carbonyl (C=O) groups is 1. The summed E-state index contributed by atoms with van der Waals surface area (Å²) in [5, 5.41) is 11.5. The van der Waals surface area contributed by atoms with Crippen molar-refractivity contribution in [3.8, 4) is 6.07 Å². The average molecular weight is 395 g/mol. The van der Waals surface area contributed by atoms with E-state index in [1.807, 2.05) is 6.07 Å². The summed E-state index contributed by atoms with van der Waals surface area (Å²) < 4.78 is 25.8. The lowest BCUT2D eigenvalue weighted by Crippen LogP contribution is -2.47. The van der Waals surface area contributed by atoms with Crippen LogP contribution in [-0.4, -0.2) is 36.2 Å². The van der Waals surface area contributed by atoms with E-state index < -0.39 is 17.3 Å². The Morgan fingerprint density at radius 3 is 2.93 bits per heavy atom. The zero-order chi connectivity index (χ0) is 20.6. The molecule has 0 saturated carbocycles. The molecule has 9 heteroatoms. The molecule has 1 aromatic heterocycles. The Labute approximate surface area is 166 Å². The number of nitriles is 1. The third kappa shape index (κ3) is 3.39. The monoisotopic (exact) mass is 395 g/mol. The number of nitrogens with two attached hydrogens (primary N) is 1. The number of aliphatic imine (C=N–C) groups is 1. The van der Waals surface area contributed by atoms with Crippen LogP contribution in [0.25, 0.3) is 0 Å². The van der Waals surface area contributed by atoms with Crippen LogP contribution in [0.3, 0.4) is 0 Å². The number of nitrogens with zero attached hydrogens (tertiary/aromatic N) is 3. The first-order valence-electron chi connectivity index (χ1n) is 8.98. The molecule has 3 heterocycles. The van der Waals surface area contributed by atoms with Crippen molar-refractivity contribution in [3.05, 3.63) is 59.2 Å². The standard InChI is InChI=1S/C20H18FN5O3/c1-20(14-9-28-10-17(14)29-19(23)26-20)13-6-12(3-4-15(13)21)25-18(27)16-5-2-11(7-22)8-24-16/h2-6,8,14,17H,9-10H2,1H3,(H2,23,26)(H,25,27). The van der Waals surface area contributed by atoms with Crippen molar-refractivity contribution in [3.63, 3.8) is 0 Å². The van der Waals surface area contributed by atoms with Gasteiger partial charge in [0.1, 0.15) is 23.7 Å². The van der Waals surface area contributed by atoms with Crippen molar-refractivity contribution in [2.75, 3.05) is 18.5 Å². The van der Waals surface area contributed by atoms with Gasteiger partial charge in [-0.1, -0.05) is 0 Å². The summed E-state index contributed by atoms with van der Waals surface area (Å²) in [5.74, 6) is -1.16. The van der Waals surface area contributed by atoms with Gasteiger partial charge < -0.3 is 20.5 Å². The molecular weight excluding hydrogens is 377 g/mol. The first-order valence-corrected chi connectivity index (χ1v) is 8.98. The van der Waals surface area contributed by atoms with Crippen molar-refractivity contribution in [1.82, 2.24) is 4.98 Å². The van der Waals surface area contributed by atoms with E-state index in [0.29, 0.717) is 24.5 Å². The summed E-state index contributed by atoms with van der Waals surface area (Å²) in [4.78, 5) is 20.8. The molecule has 3 unspecified atom stereocenters. The number of pyridine rings is 1. The van der Waals surface area contributed by atoms with Gasteiger partial charge in [-0.2, -0.15) is 5.26 Å². The largest absolute Gasteiger partial charge is 0.459 e. The van der Waals surface area contributed by atoms with Gasteiger partial charge in [-0.05, 0) is 37.3 Å². The Kier molecular flexibility index (Phi) is 4.64. The fourth-order valence-electron chi connectivity index (χ4n) is 3.71. The van der Waals surface area contributed by atoms with E-state index in [-0.39, 0.29) is 29.3 Å². The second-order valence-electron chi connectivity index (χ2n) is 7.09. The van der Waals surface area contributed by atoms with E-state index >= 15 is 0 Å². The minimum Gasteiger partial charge on any atom is -0.459 e. The van der Waals surface area contributed by atoms with Crippen LogP contribution >= 0.6 is 0 Å². The number of hydrogen-bond acceptors (Lipinski definition) is 7. The highest BCUT2D eigenvalue weighted by atomic mass is 19.1. The third-order valence-corrected chi connectivity index (χ3v) is 5.26. The predicted molar refractivity (Wildman–Crippen MR) is 101 cm³/mol. The van der Waals surface area contributed by atoms with Crippen molar-refractivity contribution >= 4 is 17.6 Å². The van der Waals surface area contributed by atoms with Gasteiger partial charge in [0, 0.05) is 17.4 Å². The molecule has 1 amide bonds. The number of aromatic nitrogens is 1. The molecule has 148 valence electrons. The van der Waals surface area contributed by atoms with Crippen molar-refractivity contribution in [1.29, 1.82) is 5.26 Å². The van der Waals surface area contributed by atoms with E-state index in [1.165, 1.54) is 36.5 Å². The minimum atomic E-state index is -0.999. The molecule has 0 radical (unpaired) electrons. The van der Waals surface area contributed by atoms with Crippen LogP contribution in [0.1, 0.15) is 28.5 Å². The number of hydrogen-bond donors (Lipinski definition) is 2. The Hall–Kier alpha value is -3.51. The van der Waals surface area contributed by atoms with Gasteiger partial charge in [-0.15, -0.1) is 0 Å². The Bertz CT molecular complexity index is 1030. The van der Waals surface area contributed by atoms with Gasteiger partial charge in [0.15, 0.2) is 0 Å². The van der Waals surface area contributed by atoms with Crippen LogP contribution in [0.2, 0.25) is 0 Å². The van der Waals surface area contributed by atoms with E-state index in [0.717, 1.165) is 0 Å². The number of anilines is 1. The summed E-state index contributed by atoms with van der Waals surface area (Å²) in [6.45, 7) is 2.50. The summed E-state index contributed by atoms with van der Waals surface area (Å²) in [6.07, 6.45) is 1.00. The van der Waals surface area contributed by atoms with Crippen LogP contribution in [-0.2, 0) is 15.0 Å². The van der Waals surface area contributed by atoms with Crippen molar-refractivity contribution in [2.45, 2.75) is 18.6 Å². The van der Waals surface area contributed by atoms with Crippen LogP contribution in [0, 0.1) is 23.1 Å². The molecule has 1 saturated heterocycles. The summed E-state index contributed by atoms with van der Waals surface area (Å²) in [7, 11) is 0. The predicted octanol–water partition coefficient (Wildman–Crippen LogP) is 1.92. The van der Waals surface area contributed by atoms with Gasteiger partial charge in [0.2, 0.25) is 0 Å². The second kappa shape index (κ2) is 7.14. The van der Waals surface area contributed by atoms with Gasteiger partial charge in [0.25, 0.3) is 11.9 Å². The van der Waals surface area contributed by atoms with Crippen molar-refractivity contribution in [2.24, 2.45) is 16.6 Å². The van der Waals surface area contributed by atoms with Crippen LogP contribution < -0.4 is 11.1 Å². The molecule has 0 bridgehead atoms. The lowest BCUT2D eigenvalue weighted by Gasteiger charge is -2.38. The highest BCUT2D eigenvalue weighted by Gasteiger charge is 2.50. The van der Waals surface area contributed by atoms with Gasteiger partial charge in [-0.25, -0.2) is 14.4 Å². The topological polar surface area (TPSA) is 123 Å². The molecule has 1 aromatic carbocycles. The normalized spacial score (nSPS) is 25.3. The number of carbonyl (C=O) groups excluding carboxylic acids is 1. The molecule has 4 rings (SSSR count). The maximum absolute atomic E-state index is 14.8. The Morgan fingerprint density at radius 1 is 1.38 bits per heavy atom. The molecule has 0 aliphatic carbocycles. The fourth-order valence-corrected chi connectivity index (χ4v) is 3.71. The quantitative estimate of drug-likeness (QED) is 0.819. The molecule has 3 atom stereocenters. The van der Waals surface area contributed by atoms with Gasteiger partial charge in [-0.3, -0.25) is 4.79 Å². The van der Waals surface area contributed by atoms with Crippen molar-refractivity contribution < 1.29 is 18.7 Å². The maximum atomic E-state index is 14.8. The second-order valence-corrected chi connectivity index (χ2v) is 7.09. The number of amidine groups is 1. The molecule has 2 aliphatic rings. The Balaban J connectivity index is 1.65. The summed E-state index contributed by atoms with van der Waals surface area (Å²) >= 11 is 0. The third-order valence-electron chi connectivity index (χ3n) is 5.26. The number of nitrogens with one attached hydrogen (secondary N) is 1. The molecule has 3 N–H and O–H groups in total. The maximum Gasteiger partial charge on any atom is 0.283 e. The molecular formula is C20H18FN5O3. The highest BCUT2D eigenvalue weighted by Crippen LogP contribution is 2.43. The zero-order valence-corrected chi connectivity index (χ0v) is 15.6. The van der Waals surface area contributed by atoms with E-state index in [2.05, 4.69) is 15.3 Å². The number of rotatable bonds is 3. The van der Waals surface area contributed by atoms with Crippen LogP contribution in [0.5, 0.6) is 0 Å². The number of benzene rings is 1. The average Bonchev–Trinajstić information content (AvgIpc) is 3.18. The number of amides is 1. The summed E-state index contributed by atoms with van der Waals surface area (Å²) in [5.41, 5.74) is 5.98. The van der Waals surface area contributed by atoms with Gasteiger partial charge >= 0.3 is 0 Å². The highest BCUT2D eigenvalue weighted by molar-refractivity contribution is 6.02. The summed E-state index contributed by atoms with van der Waals surface area (Å²) in [6, 6.07) is 9.13. The SMILES string of the molecule is CC1(c2cc(NC(=O)c3ccc(C#N)cn3)ccc2F)N=C(N)OC2COCC21. The smallest absolute Gasteiger partial charge is 0.283 e. The zero-order valence-electron chi connectivity index (χ0n) is 15.6. The molecule has 8 nitrogen and oxygen atoms in total. The molecule has 1 fully saturated rings. The molecule has 29 heavy (non-hydrogen) atoms. The number of halogens is 1. The Morgan fingerprint density at radius 2 is 2.21 bits per heavy atom. The number of ether oxygens (including phenoxy) is 2. The lowest BCUT2D eigenvalue weighted by molar-refractivity contribution is 0.0817. The van der Waals surface area contributed by atoms with Crippen LogP contribution in [0.15, 0.2) is 41.5 Å². The molecule has 2 aromatic rings. The van der Waals surface area contributed by atoms with E-state index in [4.69, 9.17) is 20.5 Å². The molecule has 0 spiro atoms. The van der Waals surface area contributed by atoms with Gasteiger partial charge in [0.05, 0.1) is 30.2 Å².